The Hall–Kier alpha value is -3.27. The minimum absolute atomic E-state index is 0.000183. The third-order valence-corrected chi connectivity index (χ3v) is 4.80. The molecule has 1 atom stereocenters. The molecule has 7 heteroatoms. The molecule has 1 aliphatic rings. The Kier molecular flexibility index (Phi) is 4.09. The summed E-state index contributed by atoms with van der Waals surface area (Å²) in [5.41, 5.74) is 3.11. The van der Waals surface area contributed by atoms with E-state index in [1.54, 1.807) is 28.8 Å². The summed E-state index contributed by atoms with van der Waals surface area (Å²) in [6.07, 6.45) is 3.44. The van der Waals surface area contributed by atoms with Crippen molar-refractivity contribution in [3.8, 4) is 6.07 Å². The Morgan fingerprint density at radius 1 is 1.31 bits per heavy atom. The van der Waals surface area contributed by atoms with Crippen molar-refractivity contribution in [2.75, 3.05) is 13.1 Å². The van der Waals surface area contributed by atoms with Crippen LogP contribution in [-0.4, -0.2) is 43.5 Å². The molecule has 1 saturated heterocycles. The first kappa shape index (κ1) is 16.2. The monoisotopic (exact) mass is 346 g/mol. The van der Waals surface area contributed by atoms with Crippen LogP contribution in [0.15, 0.2) is 36.7 Å². The number of benzene rings is 1. The van der Waals surface area contributed by atoms with Crippen LogP contribution in [0.5, 0.6) is 0 Å². The van der Waals surface area contributed by atoms with Gasteiger partial charge in [-0.1, -0.05) is 0 Å². The van der Waals surface area contributed by atoms with Gasteiger partial charge in [-0.3, -0.25) is 4.79 Å². The van der Waals surface area contributed by atoms with Gasteiger partial charge >= 0.3 is 0 Å². The van der Waals surface area contributed by atoms with Gasteiger partial charge in [0.15, 0.2) is 0 Å². The molecule has 0 radical (unpaired) electrons. The largest absolute Gasteiger partial charge is 0.338 e. The quantitative estimate of drug-likeness (QED) is 0.711. The third kappa shape index (κ3) is 2.90. The molecule has 7 nitrogen and oxygen atoms in total. The summed E-state index contributed by atoms with van der Waals surface area (Å²) >= 11 is 0. The highest BCUT2D eigenvalue weighted by Gasteiger charge is 2.27. The van der Waals surface area contributed by atoms with Gasteiger partial charge in [0.1, 0.15) is 6.33 Å². The fourth-order valence-corrected chi connectivity index (χ4v) is 3.52. The highest BCUT2D eigenvalue weighted by molar-refractivity contribution is 5.94. The van der Waals surface area contributed by atoms with E-state index in [2.05, 4.69) is 21.1 Å². The number of nitriles is 1. The zero-order chi connectivity index (χ0) is 18.1. The summed E-state index contributed by atoms with van der Waals surface area (Å²) in [5, 5.41) is 13.2. The number of nitrogens with zero attached hydrogens (tertiary/aromatic N) is 6. The van der Waals surface area contributed by atoms with Gasteiger partial charge in [-0.15, -0.1) is 0 Å². The van der Waals surface area contributed by atoms with Crippen LogP contribution < -0.4 is 0 Å². The molecule has 4 rings (SSSR count). The van der Waals surface area contributed by atoms with Crippen LogP contribution in [0.3, 0.4) is 0 Å². The maximum Gasteiger partial charge on any atom is 0.253 e. The van der Waals surface area contributed by atoms with Gasteiger partial charge < -0.3 is 4.90 Å². The van der Waals surface area contributed by atoms with E-state index in [1.807, 2.05) is 17.9 Å². The van der Waals surface area contributed by atoms with E-state index in [0.717, 1.165) is 30.8 Å². The van der Waals surface area contributed by atoms with Gasteiger partial charge in [0, 0.05) is 30.3 Å². The summed E-state index contributed by atoms with van der Waals surface area (Å²) in [7, 11) is 0. The lowest BCUT2D eigenvalue weighted by Gasteiger charge is -2.33. The molecule has 26 heavy (non-hydrogen) atoms. The van der Waals surface area contributed by atoms with E-state index >= 15 is 0 Å². The number of likely N-dealkylation sites (tertiary alicyclic amines) is 1. The molecule has 0 aliphatic carbocycles. The number of aromatic nitrogens is 4. The van der Waals surface area contributed by atoms with Crippen LogP contribution in [0.4, 0.5) is 0 Å². The van der Waals surface area contributed by atoms with Crippen LogP contribution in [-0.2, 0) is 0 Å². The first-order chi connectivity index (χ1) is 12.7. The number of piperidine rings is 1. The predicted molar refractivity (Wildman–Crippen MR) is 94.6 cm³/mol. The summed E-state index contributed by atoms with van der Waals surface area (Å²) in [4.78, 5) is 23.3. The zero-order valence-electron chi connectivity index (χ0n) is 14.5. The molecule has 0 N–H and O–H groups in total. The fraction of sp³-hybridized carbons (Fsp3) is 0.316. The van der Waals surface area contributed by atoms with E-state index < -0.39 is 0 Å². The Balaban J connectivity index is 1.59. The number of amides is 1. The van der Waals surface area contributed by atoms with Crippen LogP contribution in [0.1, 0.15) is 46.1 Å². The van der Waals surface area contributed by atoms with Crippen molar-refractivity contribution in [3.05, 3.63) is 59.2 Å². The second kappa shape index (κ2) is 6.56. The normalized spacial score (nSPS) is 17.2. The fourth-order valence-electron chi connectivity index (χ4n) is 3.52. The molecule has 1 aromatic carbocycles. The Labute approximate surface area is 150 Å². The minimum Gasteiger partial charge on any atom is -0.338 e. The summed E-state index contributed by atoms with van der Waals surface area (Å²) in [6.45, 7) is 3.32. The number of rotatable bonds is 2. The number of fused-ring (bicyclic) bond motifs is 1. The smallest absolute Gasteiger partial charge is 0.253 e. The molecule has 3 heterocycles. The Morgan fingerprint density at radius 2 is 2.12 bits per heavy atom. The van der Waals surface area contributed by atoms with Crippen molar-refractivity contribution in [1.82, 2.24) is 24.5 Å². The topological polar surface area (TPSA) is 87.2 Å². The molecule has 130 valence electrons. The highest BCUT2D eigenvalue weighted by atomic mass is 16.2. The van der Waals surface area contributed by atoms with Crippen molar-refractivity contribution in [1.29, 1.82) is 5.26 Å². The van der Waals surface area contributed by atoms with Crippen molar-refractivity contribution in [2.24, 2.45) is 0 Å². The molecule has 3 aromatic rings. The maximum absolute atomic E-state index is 12.9. The third-order valence-electron chi connectivity index (χ3n) is 4.80. The SMILES string of the molecule is Cc1cc(C2CCCN(C(=O)c3ccc(C#N)cc3)C2)n2ncnc2n1. The number of carbonyl (C=O) groups excluding carboxylic acids is 1. The van der Waals surface area contributed by atoms with Crippen molar-refractivity contribution in [3.63, 3.8) is 0 Å². The average molecular weight is 346 g/mol. The summed E-state index contributed by atoms with van der Waals surface area (Å²) < 4.78 is 1.77. The Morgan fingerprint density at radius 3 is 2.88 bits per heavy atom. The predicted octanol–water partition coefficient (Wildman–Crippen LogP) is 2.32. The van der Waals surface area contributed by atoms with Gasteiger partial charge in [0.25, 0.3) is 11.7 Å². The van der Waals surface area contributed by atoms with E-state index in [9.17, 15) is 4.79 Å². The van der Waals surface area contributed by atoms with Crippen LogP contribution in [0.2, 0.25) is 0 Å². The molecule has 1 aliphatic heterocycles. The van der Waals surface area contributed by atoms with E-state index in [1.165, 1.54) is 6.33 Å². The van der Waals surface area contributed by atoms with Gasteiger partial charge in [-0.25, -0.2) is 9.50 Å². The van der Waals surface area contributed by atoms with Gasteiger partial charge in [0.2, 0.25) is 0 Å². The molecule has 2 aromatic heterocycles. The first-order valence-corrected chi connectivity index (χ1v) is 8.62. The number of carbonyl (C=O) groups is 1. The number of hydrogen-bond donors (Lipinski definition) is 0. The second-order valence-electron chi connectivity index (χ2n) is 6.57. The van der Waals surface area contributed by atoms with Crippen LogP contribution >= 0.6 is 0 Å². The maximum atomic E-state index is 12.9. The van der Waals surface area contributed by atoms with Crippen molar-refractivity contribution >= 4 is 11.7 Å². The molecule has 0 saturated carbocycles. The lowest BCUT2D eigenvalue weighted by Crippen LogP contribution is -2.39. The molecule has 1 fully saturated rings. The van der Waals surface area contributed by atoms with E-state index in [4.69, 9.17) is 5.26 Å². The zero-order valence-corrected chi connectivity index (χ0v) is 14.5. The standard InChI is InChI=1S/C19H18N6O/c1-13-9-17(25-19(23-13)21-12-22-25)16-3-2-8-24(11-16)18(26)15-6-4-14(10-20)5-7-15/h4-7,9,12,16H,2-3,8,11H2,1H3. The minimum atomic E-state index is -0.000183. The molecular formula is C19H18N6O. The van der Waals surface area contributed by atoms with Gasteiger partial charge in [-0.05, 0) is 50.1 Å². The second-order valence-corrected chi connectivity index (χ2v) is 6.57. The molecule has 0 bridgehead atoms. The lowest BCUT2D eigenvalue weighted by atomic mass is 9.93. The Bertz CT molecular complexity index is 1000. The average Bonchev–Trinajstić information content (AvgIpc) is 3.15. The lowest BCUT2D eigenvalue weighted by molar-refractivity contribution is 0.0705. The number of aryl methyl sites for hydroxylation is 1. The summed E-state index contributed by atoms with van der Waals surface area (Å²) in [6, 6.07) is 10.9. The van der Waals surface area contributed by atoms with Crippen LogP contribution in [0.25, 0.3) is 5.78 Å². The van der Waals surface area contributed by atoms with Crippen LogP contribution in [0, 0.1) is 18.3 Å². The molecule has 0 spiro atoms. The number of hydrogen-bond acceptors (Lipinski definition) is 5. The van der Waals surface area contributed by atoms with Gasteiger partial charge in [0.05, 0.1) is 17.3 Å². The molecule has 1 amide bonds. The van der Waals surface area contributed by atoms with E-state index in [-0.39, 0.29) is 11.8 Å². The first-order valence-electron chi connectivity index (χ1n) is 8.62. The highest BCUT2D eigenvalue weighted by Crippen LogP contribution is 2.28. The molecular weight excluding hydrogens is 328 g/mol. The van der Waals surface area contributed by atoms with Gasteiger partial charge in [-0.2, -0.15) is 15.3 Å². The van der Waals surface area contributed by atoms with Crippen molar-refractivity contribution < 1.29 is 4.79 Å². The van der Waals surface area contributed by atoms with E-state index in [0.29, 0.717) is 23.4 Å². The summed E-state index contributed by atoms with van der Waals surface area (Å²) in [5.74, 6) is 0.785. The van der Waals surface area contributed by atoms with Crippen molar-refractivity contribution in [2.45, 2.75) is 25.7 Å². The molecule has 1 unspecified atom stereocenters.